The normalized spacial score (nSPS) is 19.5. The maximum Gasteiger partial charge on any atom is 0.254 e. The quantitative estimate of drug-likeness (QED) is 0.754. The molecule has 1 aromatic carbocycles. The van der Waals surface area contributed by atoms with E-state index in [4.69, 9.17) is 0 Å². The van der Waals surface area contributed by atoms with Gasteiger partial charge in [-0.15, -0.1) is 0 Å². The van der Waals surface area contributed by atoms with E-state index >= 15 is 0 Å². The lowest BCUT2D eigenvalue weighted by Gasteiger charge is -2.35. The van der Waals surface area contributed by atoms with Crippen LogP contribution in [-0.2, 0) is 10.0 Å². The Morgan fingerprint density at radius 1 is 1.43 bits per heavy atom. The number of carbonyl (C=O) groups is 1. The lowest BCUT2D eigenvalue weighted by Crippen LogP contribution is -2.49. The Bertz CT molecular complexity index is 618. The SMILES string of the molecule is CS(=O)(=O)NC[C@H]1CCCCN1C(=O)c1cccc(I)c1. The van der Waals surface area contributed by atoms with Gasteiger partial charge in [-0.25, -0.2) is 13.1 Å². The molecule has 1 N–H and O–H groups in total. The van der Waals surface area contributed by atoms with Crippen LogP contribution in [0.3, 0.4) is 0 Å². The fourth-order valence-electron chi connectivity index (χ4n) is 2.52. The molecule has 1 aliphatic rings. The number of nitrogens with zero attached hydrogens (tertiary/aromatic N) is 1. The van der Waals surface area contributed by atoms with E-state index in [1.54, 1.807) is 11.0 Å². The fraction of sp³-hybridized carbons (Fsp3) is 0.500. The number of carbonyl (C=O) groups excluding carboxylic acids is 1. The number of benzene rings is 1. The number of hydrogen-bond acceptors (Lipinski definition) is 3. The van der Waals surface area contributed by atoms with E-state index in [1.165, 1.54) is 0 Å². The van der Waals surface area contributed by atoms with Gasteiger partial charge < -0.3 is 4.90 Å². The second-order valence-electron chi connectivity index (χ2n) is 5.28. The minimum atomic E-state index is -3.23. The molecule has 0 radical (unpaired) electrons. The fourth-order valence-corrected chi connectivity index (χ4v) is 3.55. The second kappa shape index (κ2) is 7.06. The Labute approximate surface area is 139 Å². The van der Waals surface area contributed by atoms with Crippen molar-refractivity contribution in [1.29, 1.82) is 0 Å². The highest BCUT2D eigenvalue weighted by Crippen LogP contribution is 2.20. The summed E-state index contributed by atoms with van der Waals surface area (Å²) >= 11 is 2.18. The van der Waals surface area contributed by atoms with E-state index in [-0.39, 0.29) is 18.5 Å². The van der Waals surface area contributed by atoms with Gasteiger partial charge in [0.05, 0.1) is 6.26 Å². The maximum atomic E-state index is 12.6. The zero-order chi connectivity index (χ0) is 15.5. The van der Waals surface area contributed by atoms with Crippen molar-refractivity contribution in [3.63, 3.8) is 0 Å². The number of rotatable bonds is 4. The number of likely N-dealkylation sites (tertiary alicyclic amines) is 1. The van der Waals surface area contributed by atoms with Crippen molar-refractivity contribution in [2.75, 3.05) is 19.3 Å². The third-order valence-electron chi connectivity index (χ3n) is 3.54. The highest BCUT2D eigenvalue weighted by atomic mass is 127. The first-order valence-corrected chi connectivity index (χ1v) is 9.85. The number of halogens is 1. The predicted molar refractivity (Wildman–Crippen MR) is 90.7 cm³/mol. The van der Waals surface area contributed by atoms with Gasteiger partial charge in [0.25, 0.3) is 5.91 Å². The molecule has 0 aromatic heterocycles. The molecule has 0 unspecified atom stereocenters. The van der Waals surface area contributed by atoms with Gasteiger partial charge in [0.2, 0.25) is 10.0 Å². The largest absolute Gasteiger partial charge is 0.334 e. The Kier molecular flexibility index (Phi) is 5.61. The van der Waals surface area contributed by atoms with Gasteiger partial charge in [-0.1, -0.05) is 6.07 Å². The molecule has 2 rings (SSSR count). The van der Waals surface area contributed by atoms with Gasteiger partial charge in [-0.2, -0.15) is 0 Å². The lowest BCUT2D eigenvalue weighted by molar-refractivity contribution is 0.0618. The molecule has 1 saturated heterocycles. The highest BCUT2D eigenvalue weighted by molar-refractivity contribution is 14.1. The number of piperidine rings is 1. The van der Waals surface area contributed by atoms with E-state index in [0.717, 1.165) is 29.1 Å². The van der Waals surface area contributed by atoms with Gasteiger partial charge in [-0.05, 0) is 60.1 Å². The molecule has 0 aliphatic carbocycles. The highest BCUT2D eigenvalue weighted by Gasteiger charge is 2.28. The monoisotopic (exact) mass is 422 g/mol. The van der Waals surface area contributed by atoms with Crippen LogP contribution in [0.25, 0.3) is 0 Å². The van der Waals surface area contributed by atoms with E-state index in [9.17, 15) is 13.2 Å². The molecule has 1 fully saturated rings. The molecule has 1 aliphatic heterocycles. The Morgan fingerprint density at radius 3 is 2.86 bits per heavy atom. The van der Waals surface area contributed by atoms with Crippen LogP contribution < -0.4 is 4.72 Å². The van der Waals surface area contributed by atoms with E-state index in [0.29, 0.717) is 12.1 Å². The molecule has 7 heteroatoms. The van der Waals surface area contributed by atoms with Crippen molar-refractivity contribution in [3.05, 3.63) is 33.4 Å². The predicted octanol–water partition coefficient (Wildman–Crippen LogP) is 1.84. The number of amides is 1. The molecule has 0 bridgehead atoms. The minimum absolute atomic E-state index is 0.0199. The summed E-state index contributed by atoms with van der Waals surface area (Å²) in [5, 5.41) is 0. The third kappa shape index (κ3) is 4.93. The number of sulfonamides is 1. The van der Waals surface area contributed by atoms with Gasteiger partial charge in [-0.3, -0.25) is 4.79 Å². The molecule has 21 heavy (non-hydrogen) atoms. The van der Waals surface area contributed by atoms with Crippen molar-refractivity contribution >= 4 is 38.5 Å². The van der Waals surface area contributed by atoms with Crippen molar-refractivity contribution in [2.45, 2.75) is 25.3 Å². The summed E-state index contributed by atoms with van der Waals surface area (Å²) < 4.78 is 26.0. The first-order valence-electron chi connectivity index (χ1n) is 6.88. The molecule has 0 saturated carbocycles. The molecule has 1 aromatic rings. The van der Waals surface area contributed by atoms with Crippen molar-refractivity contribution in [3.8, 4) is 0 Å². The topological polar surface area (TPSA) is 66.5 Å². The van der Waals surface area contributed by atoms with E-state index in [1.807, 2.05) is 18.2 Å². The smallest absolute Gasteiger partial charge is 0.254 e. The summed E-state index contributed by atoms with van der Waals surface area (Å²) in [4.78, 5) is 14.4. The number of nitrogens with one attached hydrogen (secondary N) is 1. The number of hydrogen-bond donors (Lipinski definition) is 1. The van der Waals surface area contributed by atoms with Gasteiger partial charge in [0.15, 0.2) is 0 Å². The Balaban J connectivity index is 2.12. The maximum absolute atomic E-state index is 12.6. The summed E-state index contributed by atoms with van der Waals surface area (Å²) in [6.45, 7) is 0.967. The van der Waals surface area contributed by atoms with Crippen LogP contribution in [0, 0.1) is 3.57 Å². The van der Waals surface area contributed by atoms with Crippen LogP contribution in [0.4, 0.5) is 0 Å². The van der Waals surface area contributed by atoms with Crippen LogP contribution in [-0.4, -0.2) is 44.6 Å². The second-order valence-corrected chi connectivity index (χ2v) is 8.36. The van der Waals surface area contributed by atoms with Crippen molar-refractivity contribution in [1.82, 2.24) is 9.62 Å². The zero-order valence-electron chi connectivity index (χ0n) is 11.9. The van der Waals surface area contributed by atoms with E-state index in [2.05, 4.69) is 27.3 Å². The molecule has 0 spiro atoms. The van der Waals surface area contributed by atoms with Crippen LogP contribution in [0.15, 0.2) is 24.3 Å². The van der Waals surface area contributed by atoms with Crippen LogP contribution >= 0.6 is 22.6 Å². The van der Waals surface area contributed by atoms with Gasteiger partial charge in [0.1, 0.15) is 0 Å². The Hall–Kier alpha value is -0.670. The first-order chi connectivity index (χ1) is 9.87. The molecule has 5 nitrogen and oxygen atoms in total. The summed E-state index contributed by atoms with van der Waals surface area (Å²) in [5.74, 6) is -0.0199. The van der Waals surface area contributed by atoms with Crippen molar-refractivity contribution in [2.24, 2.45) is 0 Å². The molecule has 1 amide bonds. The summed E-state index contributed by atoms with van der Waals surface area (Å²) in [6, 6.07) is 7.40. The molecular weight excluding hydrogens is 403 g/mol. The first kappa shape index (κ1) is 16.7. The summed E-state index contributed by atoms with van der Waals surface area (Å²) in [5.41, 5.74) is 0.660. The third-order valence-corrected chi connectivity index (χ3v) is 4.90. The van der Waals surface area contributed by atoms with E-state index < -0.39 is 10.0 Å². The lowest BCUT2D eigenvalue weighted by atomic mass is 10.0. The summed E-state index contributed by atoms with van der Waals surface area (Å²) in [7, 11) is -3.23. The zero-order valence-corrected chi connectivity index (χ0v) is 14.9. The molecule has 1 atom stereocenters. The molecule has 116 valence electrons. The molecule has 1 heterocycles. The Morgan fingerprint density at radius 2 is 2.19 bits per heavy atom. The minimum Gasteiger partial charge on any atom is -0.334 e. The van der Waals surface area contributed by atoms with Gasteiger partial charge in [0, 0.05) is 28.3 Å². The average molecular weight is 422 g/mol. The standard InChI is InChI=1S/C14H19IN2O3S/c1-21(19,20)16-10-13-7-2-3-8-17(13)14(18)11-5-4-6-12(15)9-11/h4-6,9,13,16H,2-3,7-8,10H2,1H3/t13-/m1/s1. The van der Waals surface area contributed by atoms with Crippen LogP contribution in [0.1, 0.15) is 29.6 Å². The van der Waals surface area contributed by atoms with Crippen LogP contribution in [0.2, 0.25) is 0 Å². The van der Waals surface area contributed by atoms with Gasteiger partial charge >= 0.3 is 0 Å². The average Bonchev–Trinajstić information content (AvgIpc) is 2.44. The summed E-state index contributed by atoms with van der Waals surface area (Å²) in [6.07, 6.45) is 3.96. The van der Waals surface area contributed by atoms with Crippen LogP contribution in [0.5, 0.6) is 0 Å². The van der Waals surface area contributed by atoms with Crippen molar-refractivity contribution < 1.29 is 13.2 Å². The molecular formula is C14H19IN2O3S.